The first-order valence-corrected chi connectivity index (χ1v) is 24.5. The molecule has 0 unspecified atom stereocenters. The molecule has 0 spiro atoms. The summed E-state index contributed by atoms with van der Waals surface area (Å²) in [4.78, 5) is 5.01. The smallest absolute Gasteiger partial charge is 0.0465 e. The van der Waals surface area contributed by atoms with Crippen LogP contribution < -0.4 is 9.80 Å². The van der Waals surface area contributed by atoms with Gasteiger partial charge in [0.15, 0.2) is 0 Å². The molecule has 62 heavy (non-hydrogen) atoms. The monoisotopic (exact) mass is 825 g/mol. The molecule has 0 atom stereocenters. The Hall–Kier alpha value is -5.08. The normalized spacial score (nSPS) is 12.3. The minimum atomic E-state index is -0.0827. The predicted octanol–water partition coefficient (Wildman–Crippen LogP) is 18.9. The summed E-state index contributed by atoms with van der Waals surface area (Å²) < 4.78 is 0. The maximum absolute atomic E-state index is 2.61. The van der Waals surface area contributed by atoms with Crippen molar-refractivity contribution in [3.63, 3.8) is 0 Å². The number of hydrogen-bond acceptors (Lipinski definition) is 2. The van der Waals surface area contributed by atoms with Gasteiger partial charge in [0.25, 0.3) is 0 Å². The summed E-state index contributed by atoms with van der Waals surface area (Å²) in [5.41, 5.74) is 18.3. The van der Waals surface area contributed by atoms with Crippen molar-refractivity contribution >= 4 is 34.1 Å². The van der Waals surface area contributed by atoms with Crippen LogP contribution in [0.1, 0.15) is 158 Å². The van der Waals surface area contributed by atoms with E-state index in [2.05, 4.69) is 185 Å². The van der Waals surface area contributed by atoms with Gasteiger partial charge in [0.05, 0.1) is 0 Å². The Morgan fingerprint density at radius 2 is 0.726 bits per heavy atom. The van der Waals surface area contributed by atoms with Crippen LogP contribution in [0.2, 0.25) is 0 Å². The van der Waals surface area contributed by atoms with Crippen LogP contribution in [0, 0.1) is 20.8 Å². The van der Waals surface area contributed by atoms with E-state index in [9.17, 15) is 0 Å². The average molecular weight is 825 g/mol. The van der Waals surface area contributed by atoms with Crippen molar-refractivity contribution in [2.24, 2.45) is 0 Å². The highest BCUT2D eigenvalue weighted by Gasteiger charge is 2.43. The number of nitrogens with zero attached hydrogens (tertiary/aromatic N) is 2. The molecule has 0 saturated carbocycles. The quantitative estimate of drug-likeness (QED) is 0.0667. The summed E-state index contributed by atoms with van der Waals surface area (Å²) in [5.74, 6) is 0. The molecule has 2 nitrogen and oxygen atoms in total. The van der Waals surface area contributed by atoms with Crippen LogP contribution in [-0.2, 0) is 11.8 Å². The Balaban J connectivity index is 0.00000316. The van der Waals surface area contributed by atoms with Gasteiger partial charge in [-0.15, -0.1) is 0 Å². The summed E-state index contributed by atoms with van der Waals surface area (Å²) in [7, 11) is 0. The Morgan fingerprint density at radius 3 is 1.11 bits per heavy atom. The third kappa shape index (κ3) is 10.9. The molecule has 0 amide bonds. The minimum Gasteiger partial charge on any atom is -0.310 e. The summed E-state index contributed by atoms with van der Waals surface area (Å²) in [5, 5.41) is 0. The van der Waals surface area contributed by atoms with Crippen LogP contribution >= 0.6 is 0 Å². The molecule has 1 aliphatic rings. The highest BCUT2D eigenvalue weighted by molar-refractivity contribution is 5.88. The maximum atomic E-state index is 2.61. The van der Waals surface area contributed by atoms with E-state index in [0.29, 0.717) is 0 Å². The summed E-state index contributed by atoms with van der Waals surface area (Å²) in [6.45, 7) is 17.5. The van der Waals surface area contributed by atoms with Crippen molar-refractivity contribution in [3.8, 4) is 11.1 Å². The Kier molecular flexibility index (Phi) is 17.1. The molecule has 6 aromatic rings. The first-order chi connectivity index (χ1) is 30.3. The average Bonchev–Trinajstić information content (AvgIpc) is 3.55. The fourth-order valence-corrected chi connectivity index (χ4v) is 9.94. The van der Waals surface area contributed by atoms with Gasteiger partial charge in [-0.3, -0.25) is 0 Å². The SMILES string of the molecule is CC.CCCCCCCCC1(CCCCCCCC)c2cc(N(c3cccc(C)c3)c3cccc(C)c3)ccc2-c2ccc(N(c3cccc(C)c3)c3cccc(CC)c3)cc21. The molecule has 326 valence electrons. The van der Waals surface area contributed by atoms with Gasteiger partial charge < -0.3 is 9.80 Å². The van der Waals surface area contributed by atoms with Crippen molar-refractivity contribution in [3.05, 3.63) is 167 Å². The number of fused-ring (bicyclic) bond motifs is 3. The van der Waals surface area contributed by atoms with E-state index in [1.54, 1.807) is 0 Å². The highest BCUT2D eigenvalue weighted by atomic mass is 15.1. The standard InChI is InChI=1S/C58H70N2.C2H6/c1-7-10-12-14-16-18-36-58(37-19-17-15-13-11-8-2)56-42-52(59(48-28-20-24-44(4)38-48)49-29-21-25-45(5)39-49)32-34-54(56)55-35-33-53(43-57(55)58)60(50-30-22-26-46(6)40-50)51-31-23-27-47(9-3)41-51;1-2/h20-35,38-43H,7-19,36-37H2,1-6H3;1-2H3. The zero-order chi connectivity index (χ0) is 43.9. The van der Waals surface area contributed by atoms with E-state index < -0.39 is 0 Å². The lowest BCUT2D eigenvalue weighted by Gasteiger charge is -2.35. The molecular formula is C60H76N2. The number of hydrogen-bond donors (Lipinski definition) is 0. The summed E-state index contributed by atoms with van der Waals surface area (Å²) >= 11 is 0. The minimum absolute atomic E-state index is 0.0827. The molecular weight excluding hydrogens is 749 g/mol. The number of unbranched alkanes of at least 4 members (excludes halogenated alkanes) is 10. The zero-order valence-electron chi connectivity index (χ0n) is 39.7. The lowest BCUT2D eigenvalue weighted by atomic mass is 9.70. The second-order valence-corrected chi connectivity index (χ2v) is 17.8. The molecule has 0 radical (unpaired) electrons. The van der Waals surface area contributed by atoms with E-state index in [1.165, 1.54) is 169 Å². The van der Waals surface area contributed by atoms with E-state index in [1.807, 2.05) is 13.8 Å². The third-order valence-electron chi connectivity index (χ3n) is 13.1. The van der Waals surface area contributed by atoms with Crippen LogP contribution in [0.15, 0.2) is 133 Å². The molecule has 2 heteroatoms. The summed E-state index contributed by atoms with van der Waals surface area (Å²) in [6.07, 6.45) is 19.0. The fraction of sp³-hybridized carbons (Fsp3) is 0.400. The van der Waals surface area contributed by atoms with Gasteiger partial charge in [-0.1, -0.05) is 172 Å². The van der Waals surface area contributed by atoms with Crippen LogP contribution in [0.5, 0.6) is 0 Å². The zero-order valence-corrected chi connectivity index (χ0v) is 39.7. The molecule has 0 aromatic heterocycles. The highest BCUT2D eigenvalue weighted by Crippen LogP contribution is 2.57. The molecule has 1 aliphatic carbocycles. The Bertz CT molecular complexity index is 2250. The van der Waals surface area contributed by atoms with E-state index >= 15 is 0 Å². The second kappa shape index (κ2) is 22.8. The molecule has 0 fully saturated rings. The molecule has 0 saturated heterocycles. The van der Waals surface area contributed by atoms with Crippen LogP contribution in [0.25, 0.3) is 11.1 Å². The van der Waals surface area contributed by atoms with Gasteiger partial charge >= 0.3 is 0 Å². The molecule has 7 rings (SSSR count). The summed E-state index contributed by atoms with van der Waals surface area (Å²) in [6, 6.07) is 51.2. The number of rotatable bonds is 21. The van der Waals surface area contributed by atoms with Crippen LogP contribution in [-0.4, -0.2) is 0 Å². The van der Waals surface area contributed by atoms with Gasteiger partial charge in [0.1, 0.15) is 0 Å². The van der Waals surface area contributed by atoms with E-state index in [-0.39, 0.29) is 5.41 Å². The first-order valence-electron chi connectivity index (χ1n) is 24.5. The van der Waals surface area contributed by atoms with Gasteiger partial charge in [0, 0.05) is 39.5 Å². The lowest BCUT2D eigenvalue weighted by molar-refractivity contribution is 0.398. The maximum Gasteiger partial charge on any atom is 0.0465 e. The van der Waals surface area contributed by atoms with Gasteiger partial charge in [-0.05, 0) is 157 Å². The number of anilines is 6. The number of aryl methyl sites for hydroxylation is 4. The topological polar surface area (TPSA) is 6.48 Å². The van der Waals surface area contributed by atoms with Gasteiger partial charge in [-0.2, -0.15) is 0 Å². The van der Waals surface area contributed by atoms with Gasteiger partial charge in [-0.25, -0.2) is 0 Å². The first kappa shape index (κ1) is 46.4. The number of benzene rings is 6. The second-order valence-electron chi connectivity index (χ2n) is 17.8. The van der Waals surface area contributed by atoms with E-state index in [0.717, 1.165) is 6.42 Å². The fourth-order valence-electron chi connectivity index (χ4n) is 9.94. The molecule has 0 heterocycles. The van der Waals surface area contributed by atoms with E-state index in [4.69, 9.17) is 0 Å². The van der Waals surface area contributed by atoms with Crippen molar-refractivity contribution in [1.29, 1.82) is 0 Å². The molecule has 0 N–H and O–H groups in total. The van der Waals surface area contributed by atoms with Crippen molar-refractivity contribution in [2.75, 3.05) is 9.80 Å². The van der Waals surface area contributed by atoms with Crippen molar-refractivity contribution in [1.82, 2.24) is 0 Å². The molecule has 6 aromatic carbocycles. The van der Waals surface area contributed by atoms with Crippen molar-refractivity contribution in [2.45, 2.75) is 157 Å². The van der Waals surface area contributed by atoms with Gasteiger partial charge in [0.2, 0.25) is 0 Å². The lowest BCUT2D eigenvalue weighted by Crippen LogP contribution is -2.26. The Labute approximate surface area is 377 Å². The molecule has 0 bridgehead atoms. The third-order valence-corrected chi connectivity index (χ3v) is 13.1. The largest absolute Gasteiger partial charge is 0.310 e. The van der Waals surface area contributed by atoms with Crippen LogP contribution in [0.4, 0.5) is 34.1 Å². The predicted molar refractivity (Wildman–Crippen MR) is 273 cm³/mol. The van der Waals surface area contributed by atoms with Crippen LogP contribution in [0.3, 0.4) is 0 Å². The van der Waals surface area contributed by atoms with Crippen molar-refractivity contribution < 1.29 is 0 Å². The Morgan fingerprint density at radius 1 is 0.371 bits per heavy atom. The molecule has 0 aliphatic heterocycles.